The second-order valence-corrected chi connectivity index (χ2v) is 7.40. The number of aryl methyl sites for hydroxylation is 1. The number of benzene rings is 1. The Morgan fingerprint density at radius 1 is 1.10 bits per heavy atom. The Bertz CT molecular complexity index is 441. The Hall–Kier alpha value is -0.820. The third kappa shape index (κ3) is 4.10. The van der Waals surface area contributed by atoms with Gasteiger partial charge in [0.05, 0.1) is 0 Å². The van der Waals surface area contributed by atoms with Crippen LogP contribution in [0.25, 0.3) is 0 Å². The summed E-state index contributed by atoms with van der Waals surface area (Å²) in [5, 5.41) is 3.86. The first-order valence-corrected chi connectivity index (χ1v) is 8.82. The summed E-state index contributed by atoms with van der Waals surface area (Å²) in [6, 6.07) is 7.35. The van der Waals surface area contributed by atoms with Crippen LogP contribution in [0.3, 0.4) is 0 Å². The highest BCUT2D eigenvalue weighted by atomic mass is 14.9. The topological polar surface area (TPSA) is 12.0 Å². The van der Waals surface area contributed by atoms with E-state index in [1.165, 1.54) is 42.4 Å². The minimum Gasteiger partial charge on any atom is -0.310 e. The van der Waals surface area contributed by atoms with E-state index in [9.17, 15) is 0 Å². The molecule has 0 spiro atoms. The fourth-order valence-electron chi connectivity index (χ4n) is 4.22. The monoisotopic (exact) mass is 287 g/mol. The van der Waals surface area contributed by atoms with Crippen molar-refractivity contribution in [1.29, 1.82) is 0 Å². The van der Waals surface area contributed by atoms with E-state index < -0.39 is 0 Å². The van der Waals surface area contributed by atoms with Crippen LogP contribution in [0.4, 0.5) is 0 Å². The minimum absolute atomic E-state index is 0.537. The van der Waals surface area contributed by atoms with Gasteiger partial charge >= 0.3 is 0 Å². The molecule has 1 saturated carbocycles. The van der Waals surface area contributed by atoms with Crippen LogP contribution >= 0.6 is 0 Å². The highest BCUT2D eigenvalue weighted by Gasteiger charge is 2.31. The molecule has 1 fully saturated rings. The summed E-state index contributed by atoms with van der Waals surface area (Å²) in [5.74, 6) is 2.53. The summed E-state index contributed by atoms with van der Waals surface area (Å²) in [6.07, 6.45) is 5.36. The molecule has 1 N–H and O–H groups in total. The van der Waals surface area contributed by atoms with Crippen molar-refractivity contribution in [2.24, 2.45) is 17.8 Å². The van der Waals surface area contributed by atoms with Gasteiger partial charge in [-0.3, -0.25) is 0 Å². The zero-order valence-corrected chi connectivity index (χ0v) is 14.6. The van der Waals surface area contributed by atoms with E-state index >= 15 is 0 Å². The van der Waals surface area contributed by atoms with Crippen LogP contribution < -0.4 is 5.32 Å². The van der Waals surface area contributed by atoms with Crippen LogP contribution in [0.15, 0.2) is 18.2 Å². The van der Waals surface area contributed by atoms with E-state index in [0.717, 1.165) is 24.3 Å². The first-order valence-electron chi connectivity index (χ1n) is 8.82. The highest BCUT2D eigenvalue weighted by Crippen LogP contribution is 2.40. The van der Waals surface area contributed by atoms with Gasteiger partial charge in [0, 0.05) is 6.04 Å². The number of rotatable bonds is 5. The standard InChI is InChI=1S/C20H33N/c1-6-10-21-20(18-12-14(2)11-15(3)13-18)19-9-7-8-16(4)17(19)5/h7-9,14-15,18,20-21H,6,10-13H2,1-5H3. The highest BCUT2D eigenvalue weighted by molar-refractivity contribution is 5.35. The molecule has 3 unspecified atom stereocenters. The molecule has 0 aliphatic heterocycles. The predicted molar refractivity (Wildman–Crippen MR) is 92.6 cm³/mol. The van der Waals surface area contributed by atoms with Crippen molar-refractivity contribution in [3.8, 4) is 0 Å². The van der Waals surface area contributed by atoms with Gasteiger partial charge in [0.2, 0.25) is 0 Å². The average Bonchev–Trinajstić information content (AvgIpc) is 2.42. The van der Waals surface area contributed by atoms with Gasteiger partial charge in [-0.05, 0) is 80.5 Å². The predicted octanol–water partition coefficient (Wildman–Crippen LogP) is 5.42. The molecule has 2 rings (SSSR count). The third-order valence-corrected chi connectivity index (χ3v) is 5.28. The zero-order chi connectivity index (χ0) is 15.4. The summed E-state index contributed by atoms with van der Waals surface area (Å²) in [6.45, 7) is 12.8. The van der Waals surface area contributed by atoms with E-state index in [1.807, 2.05) is 0 Å². The van der Waals surface area contributed by atoms with Gasteiger partial charge in [-0.1, -0.05) is 39.0 Å². The van der Waals surface area contributed by atoms with Gasteiger partial charge in [-0.25, -0.2) is 0 Å². The molecule has 0 saturated heterocycles. The maximum absolute atomic E-state index is 3.86. The Morgan fingerprint density at radius 2 is 1.76 bits per heavy atom. The van der Waals surface area contributed by atoms with E-state index in [-0.39, 0.29) is 0 Å². The van der Waals surface area contributed by atoms with Gasteiger partial charge in [-0.15, -0.1) is 0 Å². The van der Waals surface area contributed by atoms with Crippen LogP contribution in [0.5, 0.6) is 0 Å². The van der Waals surface area contributed by atoms with Crippen molar-refractivity contribution in [2.75, 3.05) is 6.54 Å². The first kappa shape index (κ1) is 16.5. The lowest BCUT2D eigenvalue weighted by molar-refractivity contribution is 0.176. The van der Waals surface area contributed by atoms with E-state index in [4.69, 9.17) is 0 Å². The molecule has 1 aromatic carbocycles. The molecule has 1 aliphatic rings. The molecule has 3 atom stereocenters. The Balaban J connectivity index is 2.27. The minimum atomic E-state index is 0.537. The van der Waals surface area contributed by atoms with Crippen LogP contribution in [0.1, 0.15) is 69.2 Å². The van der Waals surface area contributed by atoms with E-state index in [0.29, 0.717) is 6.04 Å². The second kappa shape index (κ2) is 7.45. The first-order chi connectivity index (χ1) is 10.0. The zero-order valence-electron chi connectivity index (χ0n) is 14.6. The Kier molecular flexibility index (Phi) is 5.87. The Labute approximate surface area is 131 Å². The second-order valence-electron chi connectivity index (χ2n) is 7.40. The molecule has 1 heteroatoms. The molecular weight excluding hydrogens is 254 g/mol. The lowest BCUT2D eigenvalue weighted by Crippen LogP contribution is -2.34. The maximum atomic E-state index is 3.86. The molecule has 0 bridgehead atoms. The summed E-state index contributed by atoms with van der Waals surface area (Å²) in [4.78, 5) is 0. The molecule has 1 aliphatic carbocycles. The van der Waals surface area contributed by atoms with Gasteiger partial charge in [-0.2, -0.15) is 0 Å². The van der Waals surface area contributed by atoms with Crippen molar-refractivity contribution in [3.63, 3.8) is 0 Å². The summed E-state index contributed by atoms with van der Waals surface area (Å²) in [7, 11) is 0. The van der Waals surface area contributed by atoms with Crippen molar-refractivity contribution in [2.45, 2.75) is 66.3 Å². The van der Waals surface area contributed by atoms with E-state index in [1.54, 1.807) is 0 Å². The normalized spacial score (nSPS) is 27.6. The SMILES string of the molecule is CCCNC(c1cccc(C)c1C)C1CC(C)CC(C)C1. The maximum Gasteiger partial charge on any atom is 0.0351 e. The van der Waals surface area contributed by atoms with Crippen molar-refractivity contribution >= 4 is 0 Å². The number of hydrogen-bond acceptors (Lipinski definition) is 1. The molecular formula is C20H33N. The molecule has 1 nitrogen and oxygen atoms in total. The number of hydrogen-bond donors (Lipinski definition) is 1. The summed E-state index contributed by atoms with van der Waals surface area (Å²) in [5.41, 5.74) is 4.44. The number of nitrogens with one attached hydrogen (secondary N) is 1. The van der Waals surface area contributed by atoms with Crippen molar-refractivity contribution in [3.05, 3.63) is 34.9 Å². The van der Waals surface area contributed by atoms with Gasteiger partial charge in [0.25, 0.3) is 0 Å². The van der Waals surface area contributed by atoms with Crippen LogP contribution in [-0.2, 0) is 0 Å². The molecule has 0 amide bonds. The van der Waals surface area contributed by atoms with Crippen LogP contribution in [-0.4, -0.2) is 6.54 Å². The summed E-state index contributed by atoms with van der Waals surface area (Å²) < 4.78 is 0. The van der Waals surface area contributed by atoms with Crippen molar-refractivity contribution < 1.29 is 0 Å². The van der Waals surface area contributed by atoms with E-state index in [2.05, 4.69) is 58.1 Å². The Morgan fingerprint density at radius 3 is 2.38 bits per heavy atom. The molecule has 0 heterocycles. The molecule has 21 heavy (non-hydrogen) atoms. The van der Waals surface area contributed by atoms with Gasteiger partial charge in [0.1, 0.15) is 0 Å². The lowest BCUT2D eigenvalue weighted by atomic mass is 9.72. The van der Waals surface area contributed by atoms with Gasteiger partial charge < -0.3 is 5.32 Å². The fourth-order valence-corrected chi connectivity index (χ4v) is 4.22. The average molecular weight is 287 g/mol. The smallest absolute Gasteiger partial charge is 0.0351 e. The fraction of sp³-hybridized carbons (Fsp3) is 0.700. The third-order valence-electron chi connectivity index (χ3n) is 5.28. The lowest BCUT2D eigenvalue weighted by Gasteiger charge is -2.38. The van der Waals surface area contributed by atoms with Crippen LogP contribution in [0, 0.1) is 31.6 Å². The molecule has 0 aromatic heterocycles. The quantitative estimate of drug-likeness (QED) is 0.763. The largest absolute Gasteiger partial charge is 0.310 e. The molecule has 0 radical (unpaired) electrons. The molecule has 118 valence electrons. The van der Waals surface area contributed by atoms with Crippen molar-refractivity contribution in [1.82, 2.24) is 5.32 Å². The molecule has 1 aromatic rings. The summed E-state index contributed by atoms with van der Waals surface area (Å²) >= 11 is 0. The van der Waals surface area contributed by atoms with Gasteiger partial charge in [0.15, 0.2) is 0 Å². The van der Waals surface area contributed by atoms with Crippen LogP contribution in [0.2, 0.25) is 0 Å².